The summed E-state index contributed by atoms with van der Waals surface area (Å²) < 4.78 is 0. The Labute approximate surface area is 157 Å². The second-order valence-electron chi connectivity index (χ2n) is 5.98. The van der Waals surface area contributed by atoms with Crippen LogP contribution in [0.4, 0.5) is 0 Å². The molecule has 2 fully saturated rings. The Balaban J connectivity index is 0.00000208. The fraction of sp³-hybridized carbons (Fsp3) is 0.500. The summed E-state index contributed by atoms with van der Waals surface area (Å²) in [5.74, 6) is 1.08. The summed E-state index contributed by atoms with van der Waals surface area (Å²) >= 11 is 7.48. The van der Waals surface area contributed by atoms with Gasteiger partial charge in [0.25, 0.3) is 5.91 Å². The molecule has 1 aromatic rings. The van der Waals surface area contributed by atoms with Crippen LogP contribution in [-0.2, 0) is 4.79 Å². The number of rotatable bonds is 2. The Morgan fingerprint density at radius 2 is 1.96 bits per heavy atom. The van der Waals surface area contributed by atoms with E-state index < -0.39 is 6.04 Å². The van der Waals surface area contributed by atoms with Crippen molar-refractivity contribution in [2.45, 2.75) is 24.9 Å². The summed E-state index contributed by atoms with van der Waals surface area (Å²) in [4.78, 5) is 29.0. The van der Waals surface area contributed by atoms with Crippen molar-refractivity contribution in [2.75, 3.05) is 24.7 Å². The van der Waals surface area contributed by atoms with Gasteiger partial charge in [-0.05, 0) is 37.1 Å². The number of carbonyl (C=O) groups excluding carboxylic acids is 2. The summed E-state index contributed by atoms with van der Waals surface area (Å²) in [6.45, 7) is 1.32. The van der Waals surface area contributed by atoms with Gasteiger partial charge in [-0.25, -0.2) is 0 Å². The van der Waals surface area contributed by atoms with Gasteiger partial charge in [0.15, 0.2) is 0 Å². The molecule has 8 heteroatoms. The van der Waals surface area contributed by atoms with E-state index in [1.165, 1.54) is 0 Å². The van der Waals surface area contributed by atoms with Crippen LogP contribution in [0.2, 0.25) is 5.02 Å². The van der Waals surface area contributed by atoms with Gasteiger partial charge in [-0.15, -0.1) is 24.2 Å². The van der Waals surface area contributed by atoms with Crippen LogP contribution in [0.1, 0.15) is 23.2 Å². The number of amides is 2. The molecule has 2 N–H and O–H groups in total. The van der Waals surface area contributed by atoms with Crippen molar-refractivity contribution in [3.05, 3.63) is 34.9 Å². The zero-order valence-corrected chi connectivity index (χ0v) is 15.6. The van der Waals surface area contributed by atoms with Gasteiger partial charge in [0.05, 0.1) is 5.88 Å². The maximum Gasteiger partial charge on any atom is 0.255 e. The smallest absolute Gasteiger partial charge is 0.255 e. The van der Waals surface area contributed by atoms with Crippen molar-refractivity contribution in [1.29, 1.82) is 0 Å². The zero-order chi connectivity index (χ0) is 16.4. The van der Waals surface area contributed by atoms with Gasteiger partial charge in [-0.3, -0.25) is 9.59 Å². The number of hydrogen-bond acceptors (Lipinski definition) is 4. The van der Waals surface area contributed by atoms with Gasteiger partial charge >= 0.3 is 0 Å². The lowest BCUT2D eigenvalue weighted by Crippen LogP contribution is -2.53. The first-order chi connectivity index (χ1) is 11.1. The summed E-state index contributed by atoms with van der Waals surface area (Å²) in [7, 11) is 0. The average Bonchev–Trinajstić information content (AvgIpc) is 3.03. The molecule has 132 valence electrons. The summed E-state index contributed by atoms with van der Waals surface area (Å²) in [5.41, 5.74) is 6.53. The lowest BCUT2D eigenvalue weighted by Gasteiger charge is -2.34. The van der Waals surface area contributed by atoms with E-state index in [1.807, 2.05) is 4.90 Å². The lowest BCUT2D eigenvalue weighted by atomic mass is 10.1. The van der Waals surface area contributed by atoms with Crippen molar-refractivity contribution in [3.8, 4) is 0 Å². The van der Waals surface area contributed by atoms with Crippen LogP contribution >= 0.6 is 35.8 Å². The number of thioether (sulfide) groups is 1. The molecule has 2 aliphatic heterocycles. The molecule has 0 aromatic heterocycles. The van der Waals surface area contributed by atoms with Gasteiger partial charge in [0.2, 0.25) is 5.91 Å². The first-order valence-corrected chi connectivity index (χ1v) is 9.28. The highest BCUT2D eigenvalue weighted by Crippen LogP contribution is 2.26. The van der Waals surface area contributed by atoms with E-state index in [0.717, 1.165) is 19.4 Å². The Morgan fingerprint density at radius 1 is 1.25 bits per heavy atom. The van der Waals surface area contributed by atoms with Crippen LogP contribution in [-0.4, -0.2) is 58.4 Å². The third kappa shape index (κ3) is 4.17. The SMILES string of the molecule is Cl.NC1CCCN(C(=O)C2CSCN2C(=O)c2ccc(Cl)cc2)C1. The Bertz CT molecular complexity index is 599. The van der Waals surface area contributed by atoms with E-state index in [0.29, 0.717) is 28.8 Å². The molecule has 2 heterocycles. The molecule has 3 rings (SSSR count). The van der Waals surface area contributed by atoms with Crippen molar-refractivity contribution < 1.29 is 9.59 Å². The van der Waals surface area contributed by atoms with Crippen LogP contribution in [0, 0.1) is 0 Å². The highest BCUT2D eigenvalue weighted by molar-refractivity contribution is 7.99. The summed E-state index contributed by atoms with van der Waals surface area (Å²) in [6.07, 6.45) is 1.88. The number of carbonyl (C=O) groups is 2. The molecular formula is C16H21Cl2N3O2S. The Hall–Kier alpha value is -0.950. The van der Waals surface area contributed by atoms with Crippen molar-refractivity contribution in [1.82, 2.24) is 9.80 Å². The topological polar surface area (TPSA) is 66.6 Å². The molecule has 0 aliphatic carbocycles. The molecule has 2 saturated heterocycles. The van der Waals surface area contributed by atoms with Crippen LogP contribution in [0.25, 0.3) is 0 Å². The number of nitrogens with zero attached hydrogens (tertiary/aromatic N) is 2. The standard InChI is InChI=1S/C16H20ClN3O2S.ClH/c17-12-5-3-11(4-6-12)15(21)20-10-23-9-14(20)16(22)19-7-1-2-13(18)8-19;/h3-6,13-14H,1-2,7-10,18H2;1H. The first-order valence-electron chi connectivity index (χ1n) is 7.75. The second-order valence-corrected chi connectivity index (χ2v) is 7.42. The predicted octanol–water partition coefficient (Wildman–Crippen LogP) is 2.23. The number of piperidine rings is 1. The van der Waals surface area contributed by atoms with Gasteiger partial charge in [0.1, 0.15) is 6.04 Å². The van der Waals surface area contributed by atoms with E-state index in [1.54, 1.807) is 40.9 Å². The van der Waals surface area contributed by atoms with Gasteiger partial charge in [-0.1, -0.05) is 11.6 Å². The van der Waals surface area contributed by atoms with Crippen molar-refractivity contribution in [3.63, 3.8) is 0 Å². The average molecular weight is 390 g/mol. The molecule has 2 amide bonds. The number of likely N-dealkylation sites (tertiary alicyclic amines) is 1. The van der Waals surface area contributed by atoms with Crippen LogP contribution in [0.3, 0.4) is 0 Å². The van der Waals surface area contributed by atoms with Gasteiger partial charge < -0.3 is 15.5 Å². The maximum atomic E-state index is 12.8. The quantitative estimate of drug-likeness (QED) is 0.841. The minimum Gasteiger partial charge on any atom is -0.339 e. The first kappa shape index (κ1) is 19.4. The number of nitrogens with two attached hydrogens (primary N) is 1. The molecule has 2 unspecified atom stereocenters. The van der Waals surface area contributed by atoms with Crippen LogP contribution in [0.15, 0.2) is 24.3 Å². The largest absolute Gasteiger partial charge is 0.339 e. The van der Waals surface area contributed by atoms with Crippen LogP contribution < -0.4 is 5.73 Å². The van der Waals surface area contributed by atoms with Crippen molar-refractivity contribution in [2.24, 2.45) is 5.73 Å². The predicted molar refractivity (Wildman–Crippen MR) is 99.8 cm³/mol. The molecule has 24 heavy (non-hydrogen) atoms. The molecule has 1 aromatic carbocycles. The fourth-order valence-electron chi connectivity index (χ4n) is 3.03. The Morgan fingerprint density at radius 3 is 2.62 bits per heavy atom. The molecule has 0 spiro atoms. The highest BCUT2D eigenvalue weighted by atomic mass is 35.5. The van der Waals surface area contributed by atoms with Gasteiger partial charge in [-0.2, -0.15) is 0 Å². The molecule has 0 radical (unpaired) electrons. The summed E-state index contributed by atoms with van der Waals surface area (Å²) in [6, 6.07) is 6.44. The Kier molecular flexibility index (Phi) is 6.80. The molecule has 2 atom stereocenters. The second kappa shape index (κ2) is 8.43. The number of halogens is 2. The molecule has 5 nitrogen and oxygen atoms in total. The minimum atomic E-state index is -0.395. The van der Waals surface area contributed by atoms with E-state index in [2.05, 4.69) is 0 Å². The molecule has 0 bridgehead atoms. The van der Waals surface area contributed by atoms with Gasteiger partial charge in [0, 0.05) is 35.5 Å². The normalized spacial score (nSPS) is 23.8. The lowest BCUT2D eigenvalue weighted by molar-refractivity contribution is -0.136. The molecule has 0 saturated carbocycles. The van der Waals surface area contributed by atoms with E-state index >= 15 is 0 Å². The van der Waals surface area contributed by atoms with E-state index in [4.69, 9.17) is 17.3 Å². The zero-order valence-electron chi connectivity index (χ0n) is 13.2. The highest BCUT2D eigenvalue weighted by Gasteiger charge is 2.38. The maximum absolute atomic E-state index is 12.8. The molecular weight excluding hydrogens is 369 g/mol. The number of hydrogen-bond donors (Lipinski definition) is 1. The molecule has 2 aliphatic rings. The monoisotopic (exact) mass is 389 g/mol. The van der Waals surface area contributed by atoms with E-state index in [9.17, 15) is 9.59 Å². The minimum absolute atomic E-state index is 0. The number of benzene rings is 1. The summed E-state index contributed by atoms with van der Waals surface area (Å²) in [5, 5.41) is 0.590. The van der Waals surface area contributed by atoms with Crippen LogP contribution in [0.5, 0.6) is 0 Å². The fourth-order valence-corrected chi connectivity index (χ4v) is 4.30. The van der Waals surface area contributed by atoms with Crippen molar-refractivity contribution >= 4 is 47.6 Å². The van der Waals surface area contributed by atoms with E-state index in [-0.39, 0.29) is 30.3 Å². The third-order valence-corrected chi connectivity index (χ3v) is 5.55. The third-order valence-electron chi connectivity index (χ3n) is 4.29.